The predicted octanol–water partition coefficient (Wildman–Crippen LogP) is 2.74. The Labute approximate surface area is 103 Å². The highest BCUT2D eigenvalue weighted by Gasteiger charge is 2.26. The number of amides is 1. The maximum Gasteiger partial charge on any atom is 0.256 e. The van der Waals surface area contributed by atoms with Crippen LogP contribution in [0.1, 0.15) is 22.3 Å². The van der Waals surface area contributed by atoms with Crippen molar-refractivity contribution in [2.24, 2.45) is 0 Å². The van der Waals surface area contributed by atoms with Crippen LogP contribution in [0.5, 0.6) is 0 Å². The molecular formula is C12H13BrFNO. The monoisotopic (exact) mass is 285 g/mol. The Balaban J connectivity index is 2.23. The van der Waals surface area contributed by atoms with Crippen LogP contribution in [0, 0.1) is 12.7 Å². The predicted molar refractivity (Wildman–Crippen MR) is 64.4 cm³/mol. The molecule has 0 saturated carbocycles. The van der Waals surface area contributed by atoms with Crippen molar-refractivity contribution in [3.63, 3.8) is 0 Å². The minimum absolute atomic E-state index is 0.182. The standard InChI is InChI=1S/C12H13BrFNO/c1-8-2-3-11(14)10(6-8)12(16)15-5-4-9(13)7-15/h2-3,6,9H,4-5,7H2,1H3. The Morgan fingerprint density at radius 2 is 2.31 bits per heavy atom. The molecule has 4 heteroatoms. The third kappa shape index (κ3) is 2.26. The van der Waals surface area contributed by atoms with Gasteiger partial charge in [0, 0.05) is 17.9 Å². The van der Waals surface area contributed by atoms with E-state index in [-0.39, 0.29) is 11.5 Å². The van der Waals surface area contributed by atoms with Gasteiger partial charge in [0.25, 0.3) is 5.91 Å². The Morgan fingerprint density at radius 3 is 2.94 bits per heavy atom. The number of carbonyl (C=O) groups is 1. The van der Waals surface area contributed by atoms with E-state index >= 15 is 0 Å². The van der Waals surface area contributed by atoms with E-state index in [4.69, 9.17) is 0 Å². The van der Waals surface area contributed by atoms with Crippen molar-refractivity contribution in [2.75, 3.05) is 13.1 Å². The number of rotatable bonds is 1. The number of aryl methyl sites for hydroxylation is 1. The lowest BCUT2D eigenvalue weighted by Gasteiger charge is -2.16. The van der Waals surface area contributed by atoms with Gasteiger partial charge in [0.2, 0.25) is 0 Å². The molecule has 86 valence electrons. The molecule has 1 aliphatic rings. The van der Waals surface area contributed by atoms with Crippen molar-refractivity contribution in [3.05, 3.63) is 35.1 Å². The fourth-order valence-corrected chi connectivity index (χ4v) is 2.43. The van der Waals surface area contributed by atoms with Gasteiger partial charge in [0.05, 0.1) is 5.56 Å². The lowest BCUT2D eigenvalue weighted by molar-refractivity contribution is 0.0788. The van der Waals surface area contributed by atoms with Crippen LogP contribution in [0.2, 0.25) is 0 Å². The van der Waals surface area contributed by atoms with E-state index in [2.05, 4.69) is 15.9 Å². The highest BCUT2D eigenvalue weighted by atomic mass is 79.9. The molecule has 2 nitrogen and oxygen atoms in total. The van der Waals surface area contributed by atoms with Crippen molar-refractivity contribution < 1.29 is 9.18 Å². The number of hydrogen-bond donors (Lipinski definition) is 0. The summed E-state index contributed by atoms with van der Waals surface area (Å²) < 4.78 is 13.5. The van der Waals surface area contributed by atoms with E-state index in [1.807, 2.05) is 6.92 Å². The quantitative estimate of drug-likeness (QED) is 0.727. The zero-order valence-electron chi connectivity index (χ0n) is 9.04. The average Bonchev–Trinajstić information content (AvgIpc) is 2.67. The minimum atomic E-state index is -0.436. The van der Waals surface area contributed by atoms with Crippen molar-refractivity contribution in [1.29, 1.82) is 0 Å². The molecule has 1 aromatic carbocycles. The Hall–Kier alpha value is -0.900. The van der Waals surface area contributed by atoms with Gasteiger partial charge >= 0.3 is 0 Å². The molecule has 1 amide bonds. The number of carbonyl (C=O) groups excluding carboxylic acids is 1. The molecular weight excluding hydrogens is 273 g/mol. The van der Waals surface area contributed by atoms with Crippen molar-refractivity contribution in [1.82, 2.24) is 4.90 Å². The molecule has 0 aromatic heterocycles. The van der Waals surface area contributed by atoms with E-state index in [0.717, 1.165) is 12.0 Å². The summed E-state index contributed by atoms with van der Waals surface area (Å²) in [4.78, 5) is 14.1. The molecule has 1 heterocycles. The van der Waals surface area contributed by atoms with Gasteiger partial charge in [-0.3, -0.25) is 4.79 Å². The molecule has 0 aliphatic carbocycles. The maximum absolute atomic E-state index is 13.5. The van der Waals surface area contributed by atoms with Gasteiger partial charge in [-0.1, -0.05) is 27.6 Å². The molecule has 0 radical (unpaired) electrons. The van der Waals surface area contributed by atoms with E-state index in [1.54, 1.807) is 17.0 Å². The van der Waals surface area contributed by atoms with Gasteiger partial charge in [-0.25, -0.2) is 4.39 Å². The summed E-state index contributed by atoms with van der Waals surface area (Å²) in [6.07, 6.45) is 0.930. The van der Waals surface area contributed by atoms with Gasteiger partial charge in [0.15, 0.2) is 0 Å². The van der Waals surface area contributed by atoms with Gasteiger partial charge < -0.3 is 4.90 Å². The molecule has 1 aliphatic heterocycles. The first-order valence-corrected chi connectivity index (χ1v) is 6.19. The van der Waals surface area contributed by atoms with E-state index in [0.29, 0.717) is 17.9 Å². The molecule has 1 saturated heterocycles. The smallest absolute Gasteiger partial charge is 0.256 e. The minimum Gasteiger partial charge on any atom is -0.337 e. The van der Waals surface area contributed by atoms with Crippen LogP contribution in [-0.4, -0.2) is 28.7 Å². The average molecular weight is 286 g/mol. The van der Waals surface area contributed by atoms with Crippen LogP contribution >= 0.6 is 15.9 Å². The summed E-state index contributed by atoms with van der Waals surface area (Å²) in [5, 5.41) is 0. The summed E-state index contributed by atoms with van der Waals surface area (Å²) in [6, 6.07) is 4.63. The fraction of sp³-hybridized carbons (Fsp3) is 0.417. The highest BCUT2D eigenvalue weighted by molar-refractivity contribution is 9.09. The number of likely N-dealkylation sites (tertiary alicyclic amines) is 1. The fourth-order valence-electron chi connectivity index (χ4n) is 1.88. The summed E-state index contributed by atoms with van der Waals surface area (Å²) in [5.41, 5.74) is 1.08. The van der Waals surface area contributed by atoms with Crippen LogP contribution in [0.4, 0.5) is 4.39 Å². The first-order chi connectivity index (χ1) is 7.58. The zero-order valence-corrected chi connectivity index (χ0v) is 10.6. The summed E-state index contributed by atoms with van der Waals surface area (Å²) >= 11 is 3.46. The molecule has 0 spiro atoms. The molecule has 16 heavy (non-hydrogen) atoms. The van der Waals surface area contributed by atoms with Gasteiger partial charge in [-0.15, -0.1) is 0 Å². The van der Waals surface area contributed by atoms with Crippen LogP contribution in [0.15, 0.2) is 18.2 Å². The molecule has 1 aromatic rings. The normalized spacial score (nSPS) is 20.2. The first kappa shape index (κ1) is 11.6. The second kappa shape index (κ2) is 4.53. The number of hydrogen-bond acceptors (Lipinski definition) is 1. The van der Waals surface area contributed by atoms with E-state index < -0.39 is 5.82 Å². The van der Waals surface area contributed by atoms with Crippen LogP contribution < -0.4 is 0 Å². The Bertz CT molecular complexity index is 421. The number of alkyl halides is 1. The zero-order chi connectivity index (χ0) is 11.7. The highest BCUT2D eigenvalue weighted by Crippen LogP contribution is 2.20. The summed E-state index contributed by atoms with van der Waals surface area (Å²) in [5.74, 6) is -0.642. The second-order valence-electron chi connectivity index (χ2n) is 4.12. The lowest BCUT2D eigenvalue weighted by atomic mass is 10.1. The van der Waals surface area contributed by atoms with Crippen molar-refractivity contribution in [3.8, 4) is 0 Å². The maximum atomic E-state index is 13.5. The largest absolute Gasteiger partial charge is 0.337 e. The molecule has 0 bridgehead atoms. The van der Waals surface area contributed by atoms with Gasteiger partial charge in [0.1, 0.15) is 5.82 Å². The number of benzene rings is 1. The van der Waals surface area contributed by atoms with Crippen LogP contribution in [0.3, 0.4) is 0 Å². The third-order valence-corrected chi connectivity index (χ3v) is 3.52. The second-order valence-corrected chi connectivity index (χ2v) is 5.42. The van der Waals surface area contributed by atoms with Gasteiger partial charge in [-0.2, -0.15) is 0 Å². The van der Waals surface area contributed by atoms with E-state index in [1.165, 1.54) is 6.07 Å². The molecule has 2 rings (SSSR count). The van der Waals surface area contributed by atoms with Crippen molar-refractivity contribution in [2.45, 2.75) is 18.2 Å². The Kier molecular flexibility index (Phi) is 3.28. The lowest BCUT2D eigenvalue weighted by Crippen LogP contribution is -2.29. The third-order valence-electron chi connectivity index (χ3n) is 2.77. The van der Waals surface area contributed by atoms with Crippen LogP contribution in [0.25, 0.3) is 0 Å². The topological polar surface area (TPSA) is 20.3 Å². The summed E-state index contributed by atoms with van der Waals surface area (Å²) in [6.45, 7) is 3.21. The molecule has 0 N–H and O–H groups in total. The molecule has 1 atom stereocenters. The van der Waals surface area contributed by atoms with Gasteiger partial charge in [-0.05, 0) is 25.5 Å². The first-order valence-electron chi connectivity index (χ1n) is 5.27. The van der Waals surface area contributed by atoms with E-state index in [9.17, 15) is 9.18 Å². The summed E-state index contributed by atoms with van der Waals surface area (Å²) in [7, 11) is 0. The number of halogens is 2. The SMILES string of the molecule is Cc1ccc(F)c(C(=O)N2CCC(Br)C2)c1. The number of nitrogens with zero attached hydrogens (tertiary/aromatic N) is 1. The Morgan fingerprint density at radius 1 is 1.56 bits per heavy atom. The molecule has 1 unspecified atom stereocenters. The van der Waals surface area contributed by atoms with Crippen LogP contribution in [-0.2, 0) is 0 Å². The van der Waals surface area contributed by atoms with Crippen molar-refractivity contribution >= 4 is 21.8 Å². The molecule has 1 fully saturated rings.